The molecule has 0 saturated heterocycles. The van der Waals surface area contributed by atoms with Gasteiger partial charge in [0.2, 0.25) is 0 Å². The van der Waals surface area contributed by atoms with Crippen LogP contribution >= 0.6 is 47.2 Å². The number of halogens is 3. The zero-order chi connectivity index (χ0) is 12.4. The average Bonchev–Trinajstić information content (AvgIpc) is 3.10. The fourth-order valence-corrected chi connectivity index (χ4v) is 2.04. The van der Waals surface area contributed by atoms with Crippen molar-refractivity contribution in [2.45, 2.75) is 25.4 Å². The minimum Gasteiger partial charge on any atom is -0.370 e. The van der Waals surface area contributed by atoms with Gasteiger partial charge < -0.3 is 10.6 Å². The largest absolute Gasteiger partial charge is 0.370 e. The van der Waals surface area contributed by atoms with Gasteiger partial charge in [0, 0.05) is 23.1 Å². The summed E-state index contributed by atoms with van der Waals surface area (Å²) in [6, 6.07) is 5.96. The van der Waals surface area contributed by atoms with Gasteiger partial charge in [-0.3, -0.25) is 0 Å². The minimum absolute atomic E-state index is 0. The van der Waals surface area contributed by atoms with Gasteiger partial charge >= 0.3 is 0 Å². The molecule has 1 saturated carbocycles. The van der Waals surface area contributed by atoms with Crippen molar-refractivity contribution in [1.29, 1.82) is 0 Å². The first kappa shape index (κ1) is 15.9. The van der Waals surface area contributed by atoms with Crippen LogP contribution < -0.4 is 5.73 Å². The van der Waals surface area contributed by atoms with E-state index in [9.17, 15) is 0 Å². The Kier molecular flexibility index (Phi) is 6.01. The highest BCUT2D eigenvalue weighted by atomic mass is 127. The molecule has 0 bridgehead atoms. The van der Waals surface area contributed by atoms with Gasteiger partial charge in [0.25, 0.3) is 0 Å². The molecule has 1 aliphatic carbocycles. The Morgan fingerprint density at radius 2 is 2.11 bits per heavy atom. The van der Waals surface area contributed by atoms with Crippen LogP contribution in [0.3, 0.4) is 0 Å². The van der Waals surface area contributed by atoms with Crippen molar-refractivity contribution in [3.05, 3.63) is 33.8 Å². The van der Waals surface area contributed by atoms with Crippen LogP contribution in [0.5, 0.6) is 0 Å². The minimum atomic E-state index is 0. The van der Waals surface area contributed by atoms with E-state index in [1.165, 1.54) is 12.8 Å². The van der Waals surface area contributed by atoms with Crippen molar-refractivity contribution in [1.82, 2.24) is 4.90 Å². The molecule has 0 spiro atoms. The number of nitrogens with two attached hydrogens (primary N) is 1. The molecule has 0 radical (unpaired) electrons. The number of nitrogens with zero attached hydrogens (tertiary/aromatic N) is 2. The van der Waals surface area contributed by atoms with E-state index in [2.05, 4.69) is 4.99 Å². The molecule has 100 valence electrons. The Morgan fingerprint density at radius 3 is 2.67 bits per heavy atom. The Morgan fingerprint density at radius 1 is 1.44 bits per heavy atom. The average molecular weight is 400 g/mol. The number of benzene rings is 1. The summed E-state index contributed by atoms with van der Waals surface area (Å²) < 4.78 is 0. The van der Waals surface area contributed by atoms with Crippen molar-refractivity contribution in [2.75, 3.05) is 7.05 Å². The molecule has 0 amide bonds. The lowest BCUT2D eigenvalue weighted by Crippen LogP contribution is -2.35. The van der Waals surface area contributed by atoms with Crippen LogP contribution in [-0.2, 0) is 6.54 Å². The van der Waals surface area contributed by atoms with E-state index in [1.54, 1.807) is 12.1 Å². The van der Waals surface area contributed by atoms with Crippen LogP contribution in [0.15, 0.2) is 23.2 Å². The molecule has 18 heavy (non-hydrogen) atoms. The van der Waals surface area contributed by atoms with Gasteiger partial charge in [0.05, 0.1) is 6.54 Å². The zero-order valence-electron chi connectivity index (χ0n) is 10.1. The van der Waals surface area contributed by atoms with Crippen molar-refractivity contribution in [2.24, 2.45) is 10.7 Å². The van der Waals surface area contributed by atoms with Gasteiger partial charge in [-0.15, -0.1) is 24.0 Å². The Balaban J connectivity index is 0.00000162. The van der Waals surface area contributed by atoms with Gasteiger partial charge in [-0.2, -0.15) is 0 Å². The predicted molar refractivity (Wildman–Crippen MR) is 88.0 cm³/mol. The van der Waals surface area contributed by atoms with Crippen molar-refractivity contribution >= 4 is 53.1 Å². The normalized spacial score (nSPS) is 15.2. The maximum absolute atomic E-state index is 6.06. The maximum Gasteiger partial charge on any atom is 0.191 e. The lowest BCUT2D eigenvalue weighted by Gasteiger charge is -2.16. The fourth-order valence-electron chi connectivity index (χ4n) is 1.58. The molecule has 0 aromatic heterocycles. The molecule has 6 heteroatoms. The van der Waals surface area contributed by atoms with Crippen LogP contribution in [0, 0.1) is 0 Å². The van der Waals surface area contributed by atoms with Gasteiger partial charge in [-0.05, 0) is 30.5 Å². The second-order valence-electron chi connectivity index (χ2n) is 4.25. The van der Waals surface area contributed by atoms with Gasteiger partial charge in [-0.25, -0.2) is 4.99 Å². The van der Waals surface area contributed by atoms with Crippen LogP contribution in [0.4, 0.5) is 0 Å². The predicted octanol–water partition coefficient (Wildman–Crippen LogP) is 3.52. The highest BCUT2D eigenvalue weighted by molar-refractivity contribution is 14.0. The number of guanidine groups is 1. The van der Waals surface area contributed by atoms with Crippen LogP contribution in [-0.4, -0.2) is 23.9 Å². The molecule has 1 aromatic rings. The summed E-state index contributed by atoms with van der Waals surface area (Å²) >= 11 is 11.9. The topological polar surface area (TPSA) is 41.6 Å². The highest BCUT2D eigenvalue weighted by Gasteiger charge is 2.27. The summed E-state index contributed by atoms with van der Waals surface area (Å²) in [5, 5.41) is 1.26. The smallest absolute Gasteiger partial charge is 0.191 e. The van der Waals surface area contributed by atoms with Crippen molar-refractivity contribution in [3.8, 4) is 0 Å². The second-order valence-corrected chi connectivity index (χ2v) is 5.10. The molecular weight excluding hydrogens is 384 g/mol. The molecule has 3 nitrogen and oxygen atoms in total. The number of aliphatic imine (C=N–C) groups is 1. The first-order valence-corrected chi connectivity index (χ1v) is 6.30. The zero-order valence-corrected chi connectivity index (χ0v) is 13.9. The molecule has 0 atom stereocenters. The SMILES string of the molecule is CN(C(N)=NCc1ccc(Cl)cc1Cl)C1CC1.I. The van der Waals surface area contributed by atoms with E-state index in [1.807, 2.05) is 18.0 Å². The first-order valence-electron chi connectivity index (χ1n) is 5.54. The standard InChI is InChI=1S/C12H15Cl2N3.HI/c1-17(10-4-5-10)12(15)16-7-8-2-3-9(13)6-11(8)14;/h2-3,6,10H,4-5,7H2,1H3,(H2,15,16);1H. The molecule has 2 N–H and O–H groups in total. The third-order valence-corrected chi connectivity index (χ3v) is 3.47. The molecule has 0 aliphatic heterocycles. The third-order valence-electron chi connectivity index (χ3n) is 2.88. The van der Waals surface area contributed by atoms with Crippen LogP contribution in [0.1, 0.15) is 18.4 Å². The summed E-state index contributed by atoms with van der Waals surface area (Å²) in [6.07, 6.45) is 2.41. The third kappa shape index (κ3) is 4.17. The summed E-state index contributed by atoms with van der Waals surface area (Å²) in [6.45, 7) is 0.485. The summed E-state index contributed by atoms with van der Waals surface area (Å²) in [5.74, 6) is 0.568. The molecular formula is C12H16Cl2IN3. The van der Waals surface area contributed by atoms with Gasteiger partial charge in [0.1, 0.15) is 0 Å². The second kappa shape index (κ2) is 6.82. The molecule has 0 heterocycles. The lowest BCUT2D eigenvalue weighted by molar-refractivity contribution is 0.487. The van der Waals surface area contributed by atoms with Gasteiger partial charge in [-0.1, -0.05) is 29.3 Å². The first-order chi connectivity index (χ1) is 8.08. The van der Waals surface area contributed by atoms with Gasteiger partial charge in [0.15, 0.2) is 5.96 Å². The fraction of sp³-hybridized carbons (Fsp3) is 0.417. The van der Waals surface area contributed by atoms with Crippen molar-refractivity contribution in [3.63, 3.8) is 0 Å². The molecule has 0 unspecified atom stereocenters. The molecule has 1 fully saturated rings. The number of rotatable bonds is 3. The molecule has 1 aliphatic rings. The van der Waals surface area contributed by atoms with Crippen LogP contribution in [0.25, 0.3) is 0 Å². The van der Waals surface area contributed by atoms with E-state index in [0.717, 1.165) is 5.56 Å². The monoisotopic (exact) mass is 399 g/mol. The van der Waals surface area contributed by atoms with E-state index in [0.29, 0.717) is 28.6 Å². The summed E-state index contributed by atoms with van der Waals surface area (Å²) in [7, 11) is 1.97. The van der Waals surface area contributed by atoms with Crippen molar-refractivity contribution < 1.29 is 0 Å². The van der Waals surface area contributed by atoms with E-state index in [4.69, 9.17) is 28.9 Å². The Labute approximate surface area is 134 Å². The Bertz CT molecular complexity index is 447. The maximum atomic E-state index is 6.06. The number of hydrogen-bond acceptors (Lipinski definition) is 1. The highest BCUT2D eigenvalue weighted by Crippen LogP contribution is 2.25. The lowest BCUT2D eigenvalue weighted by atomic mass is 10.2. The quantitative estimate of drug-likeness (QED) is 0.480. The molecule has 1 aromatic carbocycles. The van der Waals surface area contributed by atoms with Crippen LogP contribution in [0.2, 0.25) is 10.0 Å². The summed E-state index contributed by atoms with van der Waals surface area (Å²) in [4.78, 5) is 6.36. The summed E-state index contributed by atoms with van der Waals surface area (Å²) in [5.41, 5.74) is 6.83. The van der Waals surface area contributed by atoms with E-state index < -0.39 is 0 Å². The van der Waals surface area contributed by atoms with E-state index >= 15 is 0 Å². The molecule has 2 rings (SSSR count). The Hall–Kier alpha value is -0.200. The number of hydrogen-bond donors (Lipinski definition) is 1. The van der Waals surface area contributed by atoms with E-state index in [-0.39, 0.29) is 24.0 Å².